The van der Waals surface area contributed by atoms with Gasteiger partial charge in [0.25, 0.3) is 5.56 Å². The Kier molecular flexibility index (Phi) is 18.9. The van der Waals surface area contributed by atoms with E-state index in [0.717, 1.165) is 55.9 Å². The number of rotatable bonds is 26. The normalized spacial score (nSPS) is 21.6. The maximum Gasteiger partial charge on any atom is 0.458 e. The fourth-order valence-corrected chi connectivity index (χ4v) is 7.40. The number of carbonyl (C=O) groups excluding carboxylic acids is 1. The number of aromatic nitrogens is 2. The highest BCUT2D eigenvalue weighted by Gasteiger charge is 2.55. The molecule has 1 aliphatic rings. The van der Waals surface area contributed by atoms with Crippen LogP contribution in [-0.4, -0.2) is 51.5 Å². The number of benzene rings is 1. The first-order valence-electron chi connectivity index (χ1n) is 18.4. The number of ether oxygens (including phenoxy) is 1. The minimum absolute atomic E-state index is 0.118. The zero-order valence-electron chi connectivity index (χ0n) is 30.0. The van der Waals surface area contributed by atoms with Crippen LogP contribution in [0.5, 0.6) is 5.75 Å². The number of allylic oxidation sites excluding steroid dienone is 2. The Morgan fingerprint density at radius 2 is 1.61 bits per heavy atom. The number of aliphatic hydroxyl groups excluding tert-OH is 1. The monoisotopic (exact) mass is 755 g/mol. The molecule has 1 aliphatic heterocycles. The summed E-state index contributed by atoms with van der Waals surface area (Å²) in [4.78, 5) is 38.3. The number of carbonyl (C=O) groups is 1. The minimum Gasteiger partial charge on any atom is -0.413 e. The van der Waals surface area contributed by atoms with Gasteiger partial charge in [0.05, 0.1) is 6.61 Å². The smallest absolute Gasteiger partial charge is 0.413 e. The molecule has 51 heavy (non-hydrogen) atoms. The molecule has 1 aromatic carbocycles. The van der Waals surface area contributed by atoms with E-state index in [2.05, 4.69) is 24.2 Å². The molecule has 3 N–H and O–H groups in total. The van der Waals surface area contributed by atoms with Crippen molar-refractivity contribution in [2.24, 2.45) is 0 Å². The van der Waals surface area contributed by atoms with E-state index in [-0.39, 0.29) is 24.5 Å². The van der Waals surface area contributed by atoms with E-state index in [0.29, 0.717) is 17.9 Å². The molecule has 5 atom stereocenters. The van der Waals surface area contributed by atoms with Gasteiger partial charge in [0.2, 0.25) is 0 Å². The highest BCUT2D eigenvalue weighted by atomic mass is 35.5. The third kappa shape index (κ3) is 15.1. The maximum absolute atomic E-state index is 15.6. The van der Waals surface area contributed by atoms with Gasteiger partial charge in [0, 0.05) is 36.7 Å². The van der Waals surface area contributed by atoms with Gasteiger partial charge < -0.3 is 14.4 Å². The molecule has 1 saturated heterocycles. The Morgan fingerprint density at radius 1 is 1.00 bits per heavy atom. The fraction of sp³-hybridized carbons (Fsp3) is 0.649. The number of hydrogen-bond donors (Lipinski definition) is 3. The van der Waals surface area contributed by atoms with Crippen molar-refractivity contribution < 1.29 is 32.6 Å². The molecule has 1 aromatic heterocycles. The van der Waals surface area contributed by atoms with Crippen molar-refractivity contribution in [2.75, 3.05) is 13.2 Å². The Morgan fingerprint density at radius 3 is 2.25 bits per heavy atom. The number of aliphatic hydroxyl groups is 1. The summed E-state index contributed by atoms with van der Waals surface area (Å²) >= 11 is 5.97. The fourth-order valence-electron chi connectivity index (χ4n) is 5.89. The first-order chi connectivity index (χ1) is 24.4. The molecule has 2 heterocycles. The largest absolute Gasteiger partial charge is 0.458 e. The molecule has 1 unspecified atom stereocenters. The number of hydrogen-bond acceptors (Lipinski definition) is 8. The Bertz CT molecular complexity index is 1520. The minimum atomic E-state index is -4.14. The van der Waals surface area contributed by atoms with Gasteiger partial charge in [-0.05, 0) is 69.7 Å². The summed E-state index contributed by atoms with van der Waals surface area (Å²) in [5, 5.41) is 13.9. The predicted octanol–water partition coefficient (Wildman–Crippen LogP) is 8.36. The van der Waals surface area contributed by atoms with Crippen molar-refractivity contribution in [2.45, 2.75) is 141 Å². The first kappa shape index (κ1) is 42.8. The molecular formula is C37H56ClFN3O8P. The molecule has 1 fully saturated rings. The first-order valence-corrected chi connectivity index (χ1v) is 20.3. The van der Waals surface area contributed by atoms with Crippen LogP contribution in [0.15, 0.2) is 58.3 Å². The number of H-pyrrole nitrogens is 1. The van der Waals surface area contributed by atoms with Gasteiger partial charge in [0.1, 0.15) is 23.7 Å². The number of nitrogens with one attached hydrogen (secondary N) is 2. The summed E-state index contributed by atoms with van der Waals surface area (Å²) in [7, 11) is -4.14. The molecule has 0 bridgehead atoms. The van der Waals surface area contributed by atoms with E-state index in [1.807, 2.05) is 4.98 Å². The molecule has 286 valence electrons. The van der Waals surface area contributed by atoms with E-state index in [1.165, 1.54) is 63.5 Å². The van der Waals surface area contributed by atoms with Crippen LogP contribution < -0.4 is 20.9 Å². The highest BCUT2D eigenvalue weighted by Crippen LogP contribution is 2.47. The van der Waals surface area contributed by atoms with Gasteiger partial charge >= 0.3 is 13.4 Å². The van der Waals surface area contributed by atoms with Crippen LogP contribution in [0.3, 0.4) is 0 Å². The third-order valence-corrected chi connectivity index (χ3v) is 10.7. The van der Waals surface area contributed by atoms with Crippen molar-refractivity contribution in [1.82, 2.24) is 14.6 Å². The van der Waals surface area contributed by atoms with Crippen LogP contribution >= 0.6 is 19.3 Å². The second-order valence-electron chi connectivity index (χ2n) is 13.4. The van der Waals surface area contributed by atoms with Crippen LogP contribution in [0, 0.1) is 0 Å². The van der Waals surface area contributed by atoms with Gasteiger partial charge in [0.15, 0.2) is 11.9 Å². The SMILES string of the molecule is CCCCCCCC/C=C\CCCCCCCC(=O)CCCNP(=O)(OC[C@H]1O[C@@H](n2ccc(=O)[nH]c2=O)[C@](C)(F)[C@@H]1O)Oc1ccc(Cl)cc1. The number of halogens is 2. The van der Waals surface area contributed by atoms with Crippen molar-refractivity contribution in [3.63, 3.8) is 0 Å². The number of Topliss-reactive ketones (excluding diaryl/α,β-unsaturated/α-hetero) is 1. The molecule has 0 aliphatic carbocycles. The predicted molar refractivity (Wildman–Crippen MR) is 198 cm³/mol. The standard InChI is InChI=1S/C37H56ClFN3O8P/c1-3-4-5-6-7-8-9-10-11-12-13-14-15-16-17-19-30(43)20-18-26-40-51(47,50-31-23-21-29(38)22-24-31)48-28-32-34(45)37(2,39)35(49-32)42-27-25-33(44)41-36(42)46/h10-11,21-25,27,32,34-35,45H,3-9,12-20,26,28H2,1-2H3,(H,40,47)(H,41,44,46)/b11-10-/t32-,34-,35-,37-,51?/m1/s1. The van der Waals surface area contributed by atoms with Crippen LogP contribution in [0.1, 0.15) is 123 Å². The number of nitrogens with zero attached hydrogens (tertiary/aromatic N) is 1. The number of ketones is 1. The van der Waals surface area contributed by atoms with Crippen LogP contribution in [0.4, 0.5) is 4.39 Å². The van der Waals surface area contributed by atoms with Gasteiger partial charge in [-0.1, -0.05) is 82.0 Å². The molecule has 14 heteroatoms. The van der Waals surface area contributed by atoms with Crippen molar-refractivity contribution >= 4 is 25.1 Å². The van der Waals surface area contributed by atoms with Crippen molar-refractivity contribution in [3.05, 3.63) is 74.5 Å². The molecule has 0 amide bonds. The average Bonchev–Trinajstić information content (AvgIpc) is 3.32. The second kappa shape index (κ2) is 22.5. The van der Waals surface area contributed by atoms with Gasteiger partial charge in [-0.25, -0.2) is 18.8 Å². The van der Waals surface area contributed by atoms with Crippen LogP contribution in [-0.2, 0) is 18.6 Å². The number of aromatic amines is 1. The van der Waals surface area contributed by atoms with E-state index >= 15 is 4.39 Å². The molecule has 0 spiro atoms. The van der Waals surface area contributed by atoms with E-state index in [4.69, 9.17) is 25.4 Å². The summed E-state index contributed by atoms with van der Waals surface area (Å²) in [5.41, 5.74) is -4.06. The summed E-state index contributed by atoms with van der Waals surface area (Å²) in [6.07, 6.45) is 17.6. The van der Waals surface area contributed by atoms with Gasteiger partial charge in [-0.15, -0.1) is 0 Å². The highest BCUT2D eigenvalue weighted by molar-refractivity contribution is 7.52. The third-order valence-electron chi connectivity index (χ3n) is 8.92. The van der Waals surface area contributed by atoms with Gasteiger partial charge in [-0.3, -0.25) is 23.7 Å². The Labute approximate surface area is 305 Å². The summed E-state index contributed by atoms with van der Waals surface area (Å²) in [6.45, 7) is 2.84. The Hall–Kier alpha value is -2.60. The van der Waals surface area contributed by atoms with E-state index in [9.17, 15) is 24.1 Å². The molecular weight excluding hydrogens is 700 g/mol. The van der Waals surface area contributed by atoms with Crippen molar-refractivity contribution in [3.8, 4) is 5.75 Å². The molecule has 0 radical (unpaired) electrons. The van der Waals surface area contributed by atoms with E-state index < -0.39 is 49.7 Å². The summed E-state index contributed by atoms with van der Waals surface area (Å²) in [5.74, 6) is 0.299. The molecule has 11 nitrogen and oxygen atoms in total. The van der Waals surface area contributed by atoms with Gasteiger partial charge in [-0.2, -0.15) is 0 Å². The lowest BCUT2D eigenvalue weighted by Crippen LogP contribution is -2.43. The van der Waals surface area contributed by atoms with Crippen LogP contribution in [0.25, 0.3) is 0 Å². The number of alkyl halides is 1. The lowest BCUT2D eigenvalue weighted by molar-refractivity contribution is -0.119. The number of unbranched alkanes of at least 4 members (excludes halogenated alkanes) is 11. The molecule has 3 rings (SSSR count). The Balaban J connectivity index is 1.39. The topological polar surface area (TPSA) is 149 Å². The van der Waals surface area contributed by atoms with E-state index in [1.54, 1.807) is 12.1 Å². The maximum atomic E-state index is 15.6. The lowest BCUT2D eigenvalue weighted by atomic mass is 9.98. The average molecular weight is 756 g/mol. The second-order valence-corrected chi connectivity index (χ2v) is 15.6. The quantitative estimate of drug-likeness (QED) is 0.0489. The zero-order valence-corrected chi connectivity index (χ0v) is 31.7. The van der Waals surface area contributed by atoms with Crippen molar-refractivity contribution in [1.29, 1.82) is 0 Å². The molecule has 0 saturated carbocycles. The summed E-state index contributed by atoms with van der Waals surface area (Å²) < 4.78 is 47.2. The lowest BCUT2D eigenvalue weighted by Gasteiger charge is -2.24. The van der Waals surface area contributed by atoms with Crippen LogP contribution in [0.2, 0.25) is 5.02 Å². The molecule has 2 aromatic rings. The zero-order chi connectivity index (χ0) is 37.1. The summed E-state index contributed by atoms with van der Waals surface area (Å²) in [6, 6.07) is 7.10.